The molecule has 2 unspecified atom stereocenters. The van der Waals surface area contributed by atoms with E-state index in [2.05, 4.69) is 12.2 Å². The van der Waals surface area contributed by atoms with Crippen LogP contribution >= 0.6 is 0 Å². The van der Waals surface area contributed by atoms with Crippen LogP contribution in [0, 0.1) is 0 Å². The summed E-state index contributed by atoms with van der Waals surface area (Å²) in [6, 6.07) is 0.627. The maximum atomic E-state index is 8.85. The van der Waals surface area contributed by atoms with E-state index in [1.165, 1.54) is 12.8 Å². The Bertz CT molecular complexity index is 135. The summed E-state index contributed by atoms with van der Waals surface area (Å²) >= 11 is 0. The van der Waals surface area contributed by atoms with E-state index in [1.54, 1.807) is 0 Å². The van der Waals surface area contributed by atoms with Crippen LogP contribution < -0.4 is 5.32 Å². The van der Waals surface area contributed by atoms with Gasteiger partial charge in [0.05, 0.1) is 12.7 Å². The van der Waals surface area contributed by atoms with Gasteiger partial charge in [0, 0.05) is 18.7 Å². The average Bonchev–Trinajstić information content (AvgIpc) is 2.56. The zero-order chi connectivity index (χ0) is 9.68. The molecule has 1 heterocycles. The van der Waals surface area contributed by atoms with Crippen molar-refractivity contribution in [1.82, 2.24) is 5.32 Å². The normalized spacial score (nSPS) is 27.5. The largest absolute Gasteiger partial charge is 0.395 e. The molecule has 3 heteroatoms. The van der Waals surface area contributed by atoms with E-state index in [0.717, 1.165) is 13.0 Å². The van der Waals surface area contributed by atoms with Crippen molar-refractivity contribution in [3.63, 3.8) is 0 Å². The fourth-order valence-corrected chi connectivity index (χ4v) is 1.83. The summed E-state index contributed by atoms with van der Waals surface area (Å²) in [5, 5.41) is 12.2. The fourth-order valence-electron chi connectivity index (χ4n) is 1.83. The third-order valence-electron chi connectivity index (χ3n) is 2.48. The summed E-state index contributed by atoms with van der Waals surface area (Å²) in [7, 11) is 0. The highest BCUT2D eigenvalue weighted by Gasteiger charge is 2.18. The van der Waals surface area contributed by atoms with E-state index in [9.17, 15) is 0 Å². The molecule has 0 saturated carbocycles. The van der Waals surface area contributed by atoms with E-state index in [0.29, 0.717) is 12.1 Å². The van der Waals surface area contributed by atoms with Crippen molar-refractivity contribution in [3.05, 3.63) is 0 Å². The molecule has 0 aromatic heterocycles. The first kappa shape index (κ1) is 11.0. The molecule has 1 rings (SSSR count). The molecule has 0 aromatic rings. The van der Waals surface area contributed by atoms with Crippen LogP contribution in [0.5, 0.6) is 0 Å². The minimum absolute atomic E-state index is 0.191. The summed E-state index contributed by atoms with van der Waals surface area (Å²) in [6.07, 6.45) is 3.89. The Labute approximate surface area is 80.5 Å². The Morgan fingerprint density at radius 1 is 1.46 bits per heavy atom. The predicted octanol–water partition coefficient (Wildman–Crippen LogP) is 0.914. The Balaban J connectivity index is 2.12. The van der Waals surface area contributed by atoms with Gasteiger partial charge in [-0.25, -0.2) is 0 Å². The van der Waals surface area contributed by atoms with Gasteiger partial charge in [-0.2, -0.15) is 0 Å². The minimum atomic E-state index is 0.191. The summed E-state index contributed by atoms with van der Waals surface area (Å²) in [5.41, 5.74) is 0. The minimum Gasteiger partial charge on any atom is -0.395 e. The standard InChI is InChI=1S/C10H21NO2/c1-8(11-9(2)7-12)6-10-4-3-5-13-10/h8-12H,3-7H2,1-2H3/t8?,9-,10?/m1/s1. The molecule has 0 radical (unpaired) electrons. The maximum Gasteiger partial charge on any atom is 0.0590 e. The molecule has 0 aliphatic carbocycles. The Kier molecular flexibility index (Phi) is 4.70. The van der Waals surface area contributed by atoms with E-state index < -0.39 is 0 Å². The van der Waals surface area contributed by atoms with Crippen molar-refractivity contribution >= 4 is 0 Å². The lowest BCUT2D eigenvalue weighted by Gasteiger charge is -2.20. The molecule has 3 nitrogen and oxygen atoms in total. The first-order valence-corrected chi connectivity index (χ1v) is 5.21. The monoisotopic (exact) mass is 187 g/mol. The number of ether oxygens (including phenoxy) is 1. The van der Waals surface area contributed by atoms with Crippen LogP contribution in [-0.4, -0.2) is 36.5 Å². The molecule has 1 saturated heterocycles. The number of hydrogen-bond donors (Lipinski definition) is 2. The lowest BCUT2D eigenvalue weighted by Crippen LogP contribution is -2.38. The zero-order valence-corrected chi connectivity index (χ0v) is 8.62. The number of hydrogen-bond acceptors (Lipinski definition) is 3. The predicted molar refractivity (Wildman–Crippen MR) is 52.7 cm³/mol. The summed E-state index contributed by atoms with van der Waals surface area (Å²) in [6.45, 7) is 5.27. The van der Waals surface area contributed by atoms with E-state index >= 15 is 0 Å². The zero-order valence-electron chi connectivity index (χ0n) is 8.62. The van der Waals surface area contributed by atoms with E-state index in [-0.39, 0.29) is 12.6 Å². The number of rotatable bonds is 5. The van der Waals surface area contributed by atoms with E-state index in [1.807, 2.05) is 6.92 Å². The molecule has 0 bridgehead atoms. The maximum absolute atomic E-state index is 8.85. The molecule has 0 aromatic carbocycles. The fraction of sp³-hybridized carbons (Fsp3) is 1.00. The molecule has 3 atom stereocenters. The quantitative estimate of drug-likeness (QED) is 0.672. The molecule has 0 amide bonds. The molecule has 1 aliphatic heterocycles. The number of aliphatic hydroxyl groups is 1. The lowest BCUT2D eigenvalue weighted by atomic mass is 10.1. The molecule has 0 spiro atoms. The van der Waals surface area contributed by atoms with Gasteiger partial charge in [-0.1, -0.05) is 0 Å². The first-order chi connectivity index (χ1) is 6.22. The van der Waals surface area contributed by atoms with Gasteiger partial charge in [-0.3, -0.25) is 0 Å². The molecule has 1 fully saturated rings. The molecular formula is C10H21NO2. The van der Waals surface area contributed by atoms with Gasteiger partial charge < -0.3 is 15.2 Å². The highest BCUT2D eigenvalue weighted by Crippen LogP contribution is 2.16. The van der Waals surface area contributed by atoms with Crippen molar-refractivity contribution in [2.45, 2.75) is 51.3 Å². The first-order valence-electron chi connectivity index (χ1n) is 5.21. The van der Waals surface area contributed by atoms with Crippen molar-refractivity contribution in [2.75, 3.05) is 13.2 Å². The Morgan fingerprint density at radius 2 is 2.23 bits per heavy atom. The van der Waals surface area contributed by atoms with Crippen molar-refractivity contribution in [2.24, 2.45) is 0 Å². The second kappa shape index (κ2) is 5.58. The summed E-state index contributed by atoms with van der Waals surface area (Å²) < 4.78 is 5.54. The average molecular weight is 187 g/mol. The molecule has 2 N–H and O–H groups in total. The molecule has 13 heavy (non-hydrogen) atoms. The summed E-state index contributed by atoms with van der Waals surface area (Å²) in [4.78, 5) is 0. The van der Waals surface area contributed by atoms with Crippen molar-refractivity contribution in [1.29, 1.82) is 0 Å². The second-order valence-electron chi connectivity index (χ2n) is 4.02. The SMILES string of the molecule is CC(CC1CCCO1)N[C@H](C)CO. The molecular weight excluding hydrogens is 166 g/mol. The van der Waals surface area contributed by atoms with Gasteiger partial charge in [-0.05, 0) is 33.1 Å². The van der Waals surface area contributed by atoms with Crippen LogP contribution in [-0.2, 0) is 4.74 Å². The van der Waals surface area contributed by atoms with Crippen molar-refractivity contribution < 1.29 is 9.84 Å². The van der Waals surface area contributed by atoms with E-state index in [4.69, 9.17) is 9.84 Å². The van der Waals surface area contributed by atoms with Crippen LogP contribution in [0.4, 0.5) is 0 Å². The highest BCUT2D eigenvalue weighted by molar-refractivity contribution is 4.73. The highest BCUT2D eigenvalue weighted by atomic mass is 16.5. The van der Waals surface area contributed by atoms with Gasteiger partial charge in [-0.15, -0.1) is 0 Å². The second-order valence-corrected chi connectivity index (χ2v) is 4.02. The third kappa shape index (κ3) is 4.07. The molecule has 78 valence electrons. The smallest absolute Gasteiger partial charge is 0.0590 e. The van der Waals surface area contributed by atoms with Crippen molar-refractivity contribution in [3.8, 4) is 0 Å². The van der Waals surface area contributed by atoms with Crippen LogP contribution in [0.2, 0.25) is 0 Å². The lowest BCUT2D eigenvalue weighted by molar-refractivity contribution is 0.0937. The van der Waals surface area contributed by atoms with Gasteiger partial charge in [0.15, 0.2) is 0 Å². The van der Waals surface area contributed by atoms with Crippen LogP contribution in [0.25, 0.3) is 0 Å². The van der Waals surface area contributed by atoms with Crippen LogP contribution in [0.15, 0.2) is 0 Å². The Morgan fingerprint density at radius 3 is 2.77 bits per heavy atom. The topological polar surface area (TPSA) is 41.5 Å². The van der Waals surface area contributed by atoms with Gasteiger partial charge >= 0.3 is 0 Å². The molecule has 1 aliphatic rings. The van der Waals surface area contributed by atoms with Gasteiger partial charge in [0.1, 0.15) is 0 Å². The number of aliphatic hydroxyl groups excluding tert-OH is 1. The van der Waals surface area contributed by atoms with Crippen LogP contribution in [0.3, 0.4) is 0 Å². The van der Waals surface area contributed by atoms with Gasteiger partial charge in [0.25, 0.3) is 0 Å². The summed E-state index contributed by atoms with van der Waals surface area (Å²) in [5.74, 6) is 0. The van der Waals surface area contributed by atoms with Gasteiger partial charge in [0.2, 0.25) is 0 Å². The third-order valence-corrected chi connectivity index (χ3v) is 2.48. The number of nitrogens with one attached hydrogen (secondary N) is 1. The Hall–Kier alpha value is -0.120. The van der Waals surface area contributed by atoms with Crippen LogP contribution in [0.1, 0.15) is 33.1 Å².